The van der Waals surface area contributed by atoms with Crippen molar-refractivity contribution >= 4 is 34.7 Å². The molecule has 0 radical (unpaired) electrons. The zero-order valence-electron chi connectivity index (χ0n) is 18.7. The molecule has 5 nitrogen and oxygen atoms in total. The number of benzene rings is 2. The van der Waals surface area contributed by atoms with Crippen LogP contribution in [-0.4, -0.2) is 24.3 Å². The monoisotopic (exact) mass is 398 g/mol. The van der Waals surface area contributed by atoms with Crippen LogP contribution >= 0.6 is 0 Å². The predicted octanol–water partition coefficient (Wildman–Crippen LogP) is 5.42. The fourth-order valence-corrected chi connectivity index (χ4v) is 3.58. The highest BCUT2D eigenvalue weighted by molar-refractivity contribution is 6.25. The second kappa shape index (κ2) is 11.3. The summed E-state index contributed by atoms with van der Waals surface area (Å²) in [5.74, 6) is 0.0222. The van der Waals surface area contributed by atoms with Crippen molar-refractivity contribution in [1.29, 1.82) is 0 Å². The van der Waals surface area contributed by atoms with E-state index in [4.69, 9.17) is 0 Å². The van der Waals surface area contributed by atoms with E-state index in [0.29, 0.717) is 18.7 Å². The maximum Gasteiger partial charge on any atom is 0.259 e. The summed E-state index contributed by atoms with van der Waals surface area (Å²) in [5.41, 5.74) is 2.86. The van der Waals surface area contributed by atoms with Gasteiger partial charge in [0.05, 0.1) is 5.69 Å². The van der Waals surface area contributed by atoms with E-state index in [2.05, 4.69) is 31.3 Å². The SMILES string of the molecule is CC.CC.CC(C)c1ccc2c3c(cccc13)C(=O)N2C(C)CCC(=O)NC=O. The molecule has 1 heterocycles. The van der Waals surface area contributed by atoms with Crippen molar-refractivity contribution in [3.05, 3.63) is 41.5 Å². The van der Waals surface area contributed by atoms with Gasteiger partial charge in [-0.05, 0) is 42.3 Å². The summed E-state index contributed by atoms with van der Waals surface area (Å²) in [7, 11) is 0. The van der Waals surface area contributed by atoms with Crippen molar-refractivity contribution in [2.45, 2.75) is 73.3 Å². The van der Waals surface area contributed by atoms with E-state index in [9.17, 15) is 14.4 Å². The molecule has 1 atom stereocenters. The van der Waals surface area contributed by atoms with E-state index in [1.54, 1.807) is 4.90 Å². The van der Waals surface area contributed by atoms with Gasteiger partial charge in [-0.25, -0.2) is 0 Å². The van der Waals surface area contributed by atoms with Crippen molar-refractivity contribution in [1.82, 2.24) is 5.32 Å². The van der Waals surface area contributed by atoms with Crippen molar-refractivity contribution in [3.8, 4) is 0 Å². The lowest BCUT2D eigenvalue weighted by molar-refractivity contribution is -0.125. The van der Waals surface area contributed by atoms with Crippen molar-refractivity contribution in [3.63, 3.8) is 0 Å². The van der Waals surface area contributed by atoms with Gasteiger partial charge in [-0.1, -0.05) is 59.7 Å². The fourth-order valence-electron chi connectivity index (χ4n) is 3.58. The standard InChI is InChI=1S/C20H22N2O3.2C2H6/c1-12(2)14-8-9-17-19-15(14)5-4-6-16(19)20(25)22(17)13(3)7-10-18(24)21-11-23;2*1-2/h4-6,8-9,11-13H,7,10H2,1-3H3,(H,21,23,24);2*1-2H3. The maximum atomic E-state index is 12.9. The van der Waals surface area contributed by atoms with Gasteiger partial charge in [0.15, 0.2) is 0 Å². The smallest absolute Gasteiger partial charge is 0.259 e. The third kappa shape index (κ3) is 5.03. The van der Waals surface area contributed by atoms with Crippen LogP contribution in [0.1, 0.15) is 83.1 Å². The summed E-state index contributed by atoms with van der Waals surface area (Å²) >= 11 is 0. The molecule has 1 aliphatic rings. The van der Waals surface area contributed by atoms with Crippen LogP contribution in [0, 0.1) is 0 Å². The minimum absolute atomic E-state index is 0.0233. The second-order valence-electron chi connectivity index (χ2n) is 6.80. The quantitative estimate of drug-likeness (QED) is 0.661. The van der Waals surface area contributed by atoms with Crippen LogP contribution in [0.2, 0.25) is 0 Å². The number of hydrogen-bond donors (Lipinski definition) is 1. The Hall–Kier alpha value is -2.69. The van der Waals surface area contributed by atoms with Gasteiger partial charge in [0.25, 0.3) is 5.91 Å². The first-order valence-corrected chi connectivity index (χ1v) is 10.6. The first-order valence-electron chi connectivity index (χ1n) is 10.6. The van der Waals surface area contributed by atoms with Gasteiger partial charge in [-0.15, -0.1) is 0 Å². The Kier molecular flexibility index (Phi) is 9.53. The minimum Gasteiger partial charge on any atom is -0.305 e. The zero-order valence-corrected chi connectivity index (χ0v) is 18.7. The lowest BCUT2D eigenvalue weighted by Gasteiger charge is -2.25. The van der Waals surface area contributed by atoms with Crippen LogP contribution < -0.4 is 10.2 Å². The first-order chi connectivity index (χ1) is 14.0. The van der Waals surface area contributed by atoms with Crippen LogP contribution in [0.15, 0.2) is 30.3 Å². The number of anilines is 1. The Balaban J connectivity index is 0.000000989. The molecule has 1 unspecified atom stereocenters. The minimum atomic E-state index is -0.327. The topological polar surface area (TPSA) is 66.5 Å². The molecule has 0 saturated carbocycles. The third-order valence-corrected chi connectivity index (χ3v) is 4.83. The second-order valence-corrected chi connectivity index (χ2v) is 6.80. The number of amides is 3. The van der Waals surface area contributed by atoms with E-state index < -0.39 is 0 Å². The predicted molar refractivity (Wildman–Crippen MR) is 120 cm³/mol. The van der Waals surface area contributed by atoms with E-state index in [-0.39, 0.29) is 24.3 Å². The third-order valence-electron chi connectivity index (χ3n) is 4.83. The summed E-state index contributed by atoms with van der Waals surface area (Å²) in [5, 5.41) is 4.26. The Morgan fingerprint density at radius 2 is 1.72 bits per heavy atom. The molecule has 0 spiro atoms. The van der Waals surface area contributed by atoms with Crippen molar-refractivity contribution in [2.75, 3.05) is 4.90 Å². The van der Waals surface area contributed by atoms with Crippen LogP contribution in [0.3, 0.4) is 0 Å². The molecule has 0 aromatic heterocycles. The molecule has 5 heteroatoms. The molecular formula is C24H34N2O3. The molecular weight excluding hydrogens is 364 g/mol. The number of nitrogens with one attached hydrogen (secondary N) is 1. The van der Waals surface area contributed by atoms with Crippen LogP contribution in [0.4, 0.5) is 5.69 Å². The van der Waals surface area contributed by atoms with Crippen molar-refractivity contribution < 1.29 is 14.4 Å². The number of carbonyl (C=O) groups excluding carboxylic acids is 3. The highest BCUT2D eigenvalue weighted by atomic mass is 16.2. The molecule has 1 N–H and O–H groups in total. The lowest BCUT2D eigenvalue weighted by atomic mass is 9.94. The van der Waals surface area contributed by atoms with Gasteiger partial charge in [0.1, 0.15) is 0 Å². The highest BCUT2D eigenvalue weighted by Gasteiger charge is 2.33. The molecule has 0 bridgehead atoms. The molecule has 1 aliphatic heterocycles. The summed E-state index contributed by atoms with van der Waals surface area (Å²) in [6.45, 7) is 14.2. The lowest BCUT2D eigenvalue weighted by Crippen LogP contribution is -2.36. The molecule has 3 amide bonds. The summed E-state index contributed by atoms with van der Waals surface area (Å²) in [4.78, 5) is 36.6. The normalized spacial score (nSPS) is 12.7. The van der Waals surface area contributed by atoms with E-state index in [1.807, 2.05) is 52.8 Å². The Morgan fingerprint density at radius 1 is 1.07 bits per heavy atom. The highest BCUT2D eigenvalue weighted by Crippen LogP contribution is 2.41. The van der Waals surface area contributed by atoms with E-state index in [0.717, 1.165) is 22.0 Å². The fraction of sp³-hybridized carbons (Fsp3) is 0.458. The molecule has 29 heavy (non-hydrogen) atoms. The van der Waals surface area contributed by atoms with Crippen molar-refractivity contribution in [2.24, 2.45) is 0 Å². The van der Waals surface area contributed by atoms with E-state index >= 15 is 0 Å². The maximum absolute atomic E-state index is 12.9. The number of hydrogen-bond acceptors (Lipinski definition) is 3. The van der Waals surface area contributed by atoms with Gasteiger partial charge in [-0.2, -0.15) is 0 Å². The number of nitrogens with zero attached hydrogens (tertiary/aromatic N) is 1. The van der Waals surface area contributed by atoms with Crippen LogP contribution in [0.25, 0.3) is 10.8 Å². The number of rotatable bonds is 6. The molecule has 158 valence electrons. The molecule has 0 fully saturated rings. The summed E-state index contributed by atoms with van der Waals surface area (Å²) in [6, 6.07) is 9.82. The van der Waals surface area contributed by atoms with E-state index in [1.165, 1.54) is 5.56 Å². The summed E-state index contributed by atoms with van der Waals surface area (Å²) in [6.07, 6.45) is 1.08. The molecule has 2 aromatic rings. The molecule has 2 aromatic carbocycles. The van der Waals surface area contributed by atoms with Crippen LogP contribution in [0.5, 0.6) is 0 Å². The van der Waals surface area contributed by atoms with Crippen LogP contribution in [-0.2, 0) is 9.59 Å². The van der Waals surface area contributed by atoms with Gasteiger partial charge < -0.3 is 4.90 Å². The van der Waals surface area contributed by atoms with Gasteiger partial charge in [0.2, 0.25) is 12.3 Å². The Labute approximate surface area is 174 Å². The summed E-state index contributed by atoms with van der Waals surface area (Å²) < 4.78 is 0. The Morgan fingerprint density at radius 3 is 2.31 bits per heavy atom. The largest absolute Gasteiger partial charge is 0.305 e. The van der Waals surface area contributed by atoms with Gasteiger partial charge in [0, 0.05) is 23.4 Å². The molecule has 0 saturated heterocycles. The molecule has 3 rings (SSSR count). The number of imide groups is 1. The Bertz CT molecular complexity index is 859. The first kappa shape index (κ1) is 24.3. The molecule has 0 aliphatic carbocycles. The average molecular weight is 399 g/mol. The van der Waals surface area contributed by atoms with Gasteiger partial charge >= 0.3 is 0 Å². The zero-order chi connectivity index (χ0) is 22.1. The van der Waals surface area contributed by atoms with Gasteiger partial charge in [-0.3, -0.25) is 19.7 Å². The average Bonchev–Trinajstić information content (AvgIpc) is 3.03. The number of carbonyl (C=O) groups is 3.